The molecule has 10 heteroatoms. The number of anilines is 1. The number of benzene rings is 1. The highest BCUT2D eigenvalue weighted by Crippen LogP contribution is 2.28. The standard InChI is InChI=1S/C23H20BrCl2N5O2/c1-11-7-13(24)9-15(18(11)27)20(30-21-17(26)5-4-6-29-21)23(33)31-19-12(2)8-14(25)10-16(19)22(32)28-3/h4-10,27H,1-3H3,(H,28,32)(H,29,30)(H,31,33)/p+1/b20-15-,27-18?. The van der Waals surface area contributed by atoms with Crippen molar-refractivity contribution < 1.29 is 14.9 Å². The minimum atomic E-state index is -0.529. The van der Waals surface area contributed by atoms with Crippen molar-refractivity contribution in [1.29, 1.82) is 5.41 Å². The van der Waals surface area contributed by atoms with Crippen LogP contribution >= 0.6 is 39.1 Å². The van der Waals surface area contributed by atoms with Crippen molar-refractivity contribution in [3.8, 4) is 0 Å². The number of carbonyl (C=O) groups is 2. The van der Waals surface area contributed by atoms with E-state index in [0.717, 1.165) is 0 Å². The maximum Gasteiger partial charge on any atom is 0.310 e. The molecule has 1 aliphatic rings. The summed E-state index contributed by atoms with van der Waals surface area (Å²) < 4.78 is 0.713. The third kappa shape index (κ3) is 5.59. The zero-order chi connectivity index (χ0) is 24.3. The molecular formula is C23H21BrCl2N5O2+. The highest BCUT2D eigenvalue weighted by Gasteiger charge is 2.28. The summed E-state index contributed by atoms with van der Waals surface area (Å²) in [5, 5.41) is 16.2. The van der Waals surface area contributed by atoms with Gasteiger partial charge < -0.3 is 10.6 Å². The number of rotatable bonds is 5. The first-order valence-corrected chi connectivity index (χ1v) is 11.3. The van der Waals surface area contributed by atoms with Gasteiger partial charge in [-0.2, -0.15) is 0 Å². The molecular weight excluding hydrogens is 529 g/mol. The first kappa shape index (κ1) is 24.9. The van der Waals surface area contributed by atoms with Crippen molar-refractivity contribution in [1.82, 2.24) is 10.3 Å². The quantitative estimate of drug-likeness (QED) is 0.414. The van der Waals surface area contributed by atoms with Gasteiger partial charge in [0.2, 0.25) is 11.5 Å². The molecule has 33 heavy (non-hydrogen) atoms. The van der Waals surface area contributed by atoms with Gasteiger partial charge in [-0.1, -0.05) is 39.1 Å². The van der Waals surface area contributed by atoms with E-state index in [-0.39, 0.29) is 17.0 Å². The largest absolute Gasteiger partial charge is 0.355 e. The summed E-state index contributed by atoms with van der Waals surface area (Å²) in [7, 11) is 1.50. The SMILES string of the molecule is CNC(=O)c1cc(Cl)cc(C)c1NC(=O)/C([NH2+]c1ncccc1Cl)=C1\C=C(Br)C=C(C)C1=N. The van der Waals surface area contributed by atoms with E-state index in [1.165, 1.54) is 18.4 Å². The van der Waals surface area contributed by atoms with Crippen LogP contribution in [0.3, 0.4) is 0 Å². The van der Waals surface area contributed by atoms with Gasteiger partial charge in [0.15, 0.2) is 0 Å². The van der Waals surface area contributed by atoms with Gasteiger partial charge in [-0.15, -0.1) is 0 Å². The van der Waals surface area contributed by atoms with Gasteiger partial charge in [-0.25, -0.2) is 4.98 Å². The Hall–Kier alpha value is -2.78. The Morgan fingerprint density at radius 1 is 1.18 bits per heavy atom. The third-order valence-electron chi connectivity index (χ3n) is 4.91. The van der Waals surface area contributed by atoms with Crippen molar-refractivity contribution in [3.63, 3.8) is 0 Å². The van der Waals surface area contributed by atoms with Crippen LogP contribution in [0.25, 0.3) is 0 Å². The summed E-state index contributed by atoms with van der Waals surface area (Å²) in [4.78, 5) is 30.3. The number of quaternary nitrogens is 1. The monoisotopic (exact) mass is 548 g/mol. The van der Waals surface area contributed by atoms with Crippen molar-refractivity contribution >= 4 is 68.2 Å². The number of allylic oxidation sites excluding steroid dienone is 5. The Morgan fingerprint density at radius 2 is 1.91 bits per heavy atom. The lowest BCUT2D eigenvalue weighted by atomic mass is 9.96. The number of hydrogen-bond acceptors (Lipinski definition) is 4. The van der Waals surface area contributed by atoms with Gasteiger partial charge in [-0.3, -0.25) is 20.3 Å². The number of nitrogens with two attached hydrogens (primary N) is 1. The molecule has 3 rings (SSSR count). The second kappa shape index (κ2) is 10.4. The fraction of sp³-hybridized carbons (Fsp3) is 0.130. The number of nitrogens with one attached hydrogen (secondary N) is 3. The Bertz CT molecular complexity index is 1270. The molecule has 0 aliphatic heterocycles. The minimum Gasteiger partial charge on any atom is -0.355 e. The maximum atomic E-state index is 13.6. The van der Waals surface area contributed by atoms with Crippen LogP contribution in [0.1, 0.15) is 22.8 Å². The predicted molar refractivity (Wildman–Crippen MR) is 135 cm³/mol. The van der Waals surface area contributed by atoms with E-state index >= 15 is 0 Å². The summed E-state index contributed by atoms with van der Waals surface area (Å²) in [6.45, 7) is 3.53. The van der Waals surface area contributed by atoms with E-state index in [1.54, 1.807) is 50.4 Å². The number of amides is 2. The molecule has 1 heterocycles. The van der Waals surface area contributed by atoms with Crippen LogP contribution in [0.5, 0.6) is 0 Å². The molecule has 0 radical (unpaired) electrons. The second-order valence-corrected chi connectivity index (χ2v) is 9.01. The van der Waals surface area contributed by atoms with Gasteiger partial charge in [0.25, 0.3) is 5.91 Å². The van der Waals surface area contributed by atoms with Gasteiger partial charge in [-0.05, 0) is 61.4 Å². The Balaban J connectivity index is 2.14. The van der Waals surface area contributed by atoms with Crippen molar-refractivity contribution in [2.75, 3.05) is 12.4 Å². The molecule has 170 valence electrons. The second-order valence-electron chi connectivity index (χ2n) is 7.25. The summed E-state index contributed by atoms with van der Waals surface area (Å²) in [6.07, 6.45) is 5.04. The van der Waals surface area contributed by atoms with Gasteiger partial charge in [0.05, 0.1) is 22.5 Å². The molecule has 0 spiro atoms. The van der Waals surface area contributed by atoms with Gasteiger partial charge >= 0.3 is 5.91 Å². The zero-order valence-electron chi connectivity index (χ0n) is 18.0. The van der Waals surface area contributed by atoms with Crippen LogP contribution in [-0.2, 0) is 4.79 Å². The fourth-order valence-corrected chi connectivity index (χ4v) is 4.29. The lowest BCUT2D eigenvalue weighted by molar-refractivity contribution is -0.515. The molecule has 2 aromatic rings. The van der Waals surface area contributed by atoms with Crippen LogP contribution in [0.2, 0.25) is 10.0 Å². The molecule has 1 aliphatic carbocycles. The van der Waals surface area contributed by atoms with E-state index in [2.05, 4.69) is 31.5 Å². The molecule has 1 aromatic carbocycles. The number of nitrogens with zero attached hydrogens (tertiary/aromatic N) is 1. The zero-order valence-corrected chi connectivity index (χ0v) is 21.1. The molecule has 0 saturated heterocycles. The van der Waals surface area contributed by atoms with Gasteiger partial charge in [0.1, 0.15) is 5.02 Å². The van der Waals surface area contributed by atoms with E-state index in [1.807, 2.05) is 0 Å². The average Bonchev–Trinajstić information content (AvgIpc) is 2.76. The third-order valence-corrected chi connectivity index (χ3v) is 5.91. The fourth-order valence-electron chi connectivity index (χ4n) is 3.27. The minimum absolute atomic E-state index is 0.169. The number of halogens is 3. The molecule has 7 nitrogen and oxygen atoms in total. The van der Waals surface area contributed by atoms with E-state index in [4.69, 9.17) is 28.6 Å². The molecule has 0 unspecified atom stereocenters. The van der Waals surface area contributed by atoms with Crippen LogP contribution in [0.4, 0.5) is 11.5 Å². The van der Waals surface area contributed by atoms with Crippen molar-refractivity contribution in [3.05, 3.63) is 85.1 Å². The van der Waals surface area contributed by atoms with E-state index < -0.39 is 11.8 Å². The van der Waals surface area contributed by atoms with Crippen LogP contribution in [0, 0.1) is 12.3 Å². The summed E-state index contributed by atoms with van der Waals surface area (Å²) >= 11 is 15.9. The molecule has 0 fully saturated rings. The number of aryl methyl sites for hydroxylation is 1. The van der Waals surface area contributed by atoms with E-state index in [9.17, 15) is 9.59 Å². The maximum absolute atomic E-state index is 13.6. The van der Waals surface area contributed by atoms with Crippen LogP contribution < -0.4 is 16.0 Å². The van der Waals surface area contributed by atoms with E-state index in [0.29, 0.717) is 42.7 Å². The Morgan fingerprint density at radius 3 is 2.58 bits per heavy atom. The predicted octanol–water partition coefficient (Wildman–Crippen LogP) is 4.40. The van der Waals surface area contributed by atoms with Crippen LogP contribution in [0.15, 0.2) is 63.9 Å². The Kier molecular flexibility index (Phi) is 7.86. The summed E-state index contributed by atoms with van der Waals surface area (Å²) in [5.41, 5.74) is 2.57. The molecule has 0 bridgehead atoms. The lowest BCUT2D eigenvalue weighted by Crippen LogP contribution is -2.79. The number of hydrogen-bond donors (Lipinski definition) is 4. The molecule has 5 N–H and O–H groups in total. The highest BCUT2D eigenvalue weighted by atomic mass is 79.9. The first-order valence-electron chi connectivity index (χ1n) is 9.80. The lowest BCUT2D eigenvalue weighted by Gasteiger charge is -2.17. The molecule has 2 amide bonds. The normalized spacial score (nSPS) is 14.9. The van der Waals surface area contributed by atoms with Crippen molar-refractivity contribution in [2.24, 2.45) is 0 Å². The molecule has 0 saturated carbocycles. The first-order chi connectivity index (χ1) is 15.6. The van der Waals surface area contributed by atoms with Crippen LogP contribution in [-0.4, -0.2) is 29.6 Å². The molecule has 0 atom stereocenters. The number of pyridine rings is 1. The number of aromatic nitrogens is 1. The number of carbonyl (C=O) groups excluding carboxylic acids is 2. The Labute approximate surface area is 209 Å². The summed E-state index contributed by atoms with van der Waals surface area (Å²) in [6, 6.07) is 6.49. The van der Waals surface area contributed by atoms with Crippen molar-refractivity contribution in [2.45, 2.75) is 13.8 Å². The summed E-state index contributed by atoms with van der Waals surface area (Å²) in [5.74, 6) is -0.548. The molecule has 1 aromatic heterocycles. The highest BCUT2D eigenvalue weighted by molar-refractivity contribution is 9.11. The topological polar surface area (TPSA) is 112 Å². The average molecular weight is 550 g/mol. The smallest absolute Gasteiger partial charge is 0.310 e. The van der Waals surface area contributed by atoms with Gasteiger partial charge in [0, 0.05) is 22.7 Å².